The standard InChI is InChI=1S/C13H20N6O.HI/c1-2-20-9-3-6-16-13(14)17-10-11-4-7-15-12-5-8-18-19(11)12;/h4-5,7-8H,2-3,6,9-10H2,1H3,(H3,14,16,17);1H. The lowest BCUT2D eigenvalue weighted by Crippen LogP contribution is -2.33. The number of hydrogen-bond acceptors (Lipinski definition) is 4. The lowest BCUT2D eigenvalue weighted by Gasteiger charge is -2.06. The van der Waals surface area contributed by atoms with Gasteiger partial charge in [-0.1, -0.05) is 0 Å². The van der Waals surface area contributed by atoms with Crippen molar-refractivity contribution in [2.45, 2.75) is 19.9 Å². The number of rotatable bonds is 7. The largest absolute Gasteiger partial charge is 0.382 e. The highest BCUT2D eigenvalue weighted by Crippen LogP contribution is 2.04. The third-order valence-corrected chi connectivity index (χ3v) is 2.76. The minimum Gasteiger partial charge on any atom is -0.382 e. The average molecular weight is 404 g/mol. The van der Waals surface area contributed by atoms with Gasteiger partial charge in [0.2, 0.25) is 0 Å². The number of aliphatic imine (C=N–C) groups is 1. The van der Waals surface area contributed by atoms with Gasteiger partial charge in [-0.3, -0.25) is 0 Å². The summed E-state index contributed by atoms with van der Waals surface area (Å²) in [5, 5.41) is 7.26. The Morgan fingerprint density at radius 2 is 2.29 bits per heavy atom. The highest BCUT2D eigenvalue weighted by atomic mass is 127. The van der Waals surface area contributed by atoms with Crippen LogP contribution in [0.15, 0.2) is 29.5 Å². The van der Waals surface area contributed by atoms with Crippen LogP contribution in [0.4, 0.5) is 0 Å². The minimum absolute atomic E-state index is 0. The number of halogens is 1. The van der Waals surface area contributed by atoms with Crippen LogP contribution in [0.1, 0.15) is 19.0 Å². The second-order valence-electron chi connectivity index (χ2n) is 4.22. The Hall–Kier alpha value is -1.42. The molecular weight excluding hydrogens is 383 g/mol. The van der Waals surface area contributed by atoms with Crippen LogP contribution in [-0.2, 0) is 11.3 Å². The van der Waals surface area contributed by atoms with E-state index in [-0.39, 0.29) is 24.0 Å². The summed E-state index contributed by atoms with van der Waals surface area (Å²) in [6.07, 6.45) is 4.36. The number of nitrogens with zero attached hydrogens (tertiary/aromatic N) is 4. The zero-order valence-electron chi connectivity index (χ0n) is 12.0. The van der Waals surface area contributed by atoms with Crippen molar-refractivity contribution >= 4 is 35.6 Å². The predicted octanol–water partition coefficient (Wildman–Crippen LogP) is 1.18. The first-order valence-corrected chi connectivity index (χ1v) is 6.70. The van der Waals surface area contributed by atoms with E-state index >= 15 is 0 Å². The maximum absolute atomic E-state index is 5.81. The molecule has 0 aliphatic rings. The number of guanidine groups is 1. The van der Waals surface area contributed by atoms with Gasteiger partial charge < -0.3 is 15.8 Å². The second kappa shape index (κ2) is 9.50. The number of fused-ring (bicyclic) bond motifs is 1. The molecule has 0 radical (unpaired) electrons. The molecule has 3 N–H and O–H groups in total. The van der Waals surface area contributed by atoms with Crippen LogP contribution >= 0.6 is 24.0 Å². The molecule has 0 aromatic carbocycles. The van der Waals surface area contributed by atoms with E-state index in [0.29, 0.717) is 12.5 Å². The molecule has 7 nitrogen and oxygen atoms in total. The third-order valence-electron chi connectivity index (χ3n) is 2.76. The molecule has 2 aromatic rings. The molecule has 8 heteroatoms. The quantitative estimate of drug-likeness (QED) is 0.313. The van der Waals surface area contributed by atoms with E-state index in [4.69, 9.17) is 10.5 Å². The first-order chi connectivity index (χ1) is 9.81. The lowest BCUT2D eigenvalue weighted by molar-refractivity contribution is 0.145. The molecule has 0 amide bonds. The monoisotopic (exact) mass is 404 g/mol. The fraction of sp³-hybridized carbons (Fsp3) is 0.462. The van der Waals surface area contributed by atoms with Crippen molar-refractivity contribution in [1.82, 2.24) is 19.9 Å². The van der Waals surface area contributed by atoms with Crippen molar-refractivity contribution in [1.29, 1.82) is 0 Å². The molecule has 2 rings (SSSR count). The van der Waals surface area contributed by atoms with Crippen molar-refractivity contribution in [2.75, 3.05) is 19.8 Å². The fourth-order valence-corrected chi connectivity index (χ4v) is 1.76. The highest BCUT2D eigenvalue weighted by Gasteiger charge is 2.01. The summed E-state index contributed by atoms with van der Waals surface area (Å²) in [4.78, 5) is 8.49. The third kappa shape index (κ3) is 5.46. The Labute approximate surface area is 141 Å². The van der Waals surface area contributed by atoms with E-state index in [1.54, 1.807) is 16.9 Å². The SMILES string of the molecule is CCOCCCNC(N)=NCc1ccnc2ccnn12.I. The molecule has 21 heavy (non-hydrogen) atoms. The molecule has 0 fully saturated rings. The second-order valence-corrected chi connectivity index (χ2v) is 4.22. The summed E-state index contributed by atoms with van der Waals surface area (Å²) in [6.45, 7) is 4.67. The van der Waals surface area contributed by atoms with Gasteiger partial charge in [0.1, 0.15) is 0 Å². The van der Waals surface area contributed by atoms with Crippen LogP contribution in [0.25, 0.3) is 5.65 Å². The molecule has 2 aromatic heterocycles. The van der Waals surface area contributed by atoms with Gasteiger partial charge in [0.25, 0.3) is 0 Å². The Morgan fingerprint density at radius 3 is 3.10 bits per heavy atom. The average Bonchev–Trinajstić information content (AvgIpc) is 2.94. The van der Waals surface area contributed by atoms with E-state index in [0.717, 1.165) is 37.5 Å². The maximum Gasteiger partial charge on any atom is 0.188 e. The number of hydrogen-bond donors (Lipinski definition) is 2. The van der Waals surface area contributed by atoms with Crippen LogP contribution in [0.2, 0.25) is 0 Å². The van der Waals surface area contributed by atoms with E-state index in [1.165, 1.54) is 0 Å². The molecule has 116 valence electrons. The Bertz CT molecular complexity index is 571. The van der Waals surface area contributed by atoms with Crippen LogP contribution < -0.4 is 11.1 Å². The Morgan fingerprint density at radius 1 is 1.43 bits per heavy atom. The number of nitrogens with one attached hydrogen (secondary N) is 1. The van der Waals surface area contributed by atoms with Gasteiger partial charge >= 0.3 is 0 Å². The van der Waals surface area contributed by atoms with Crippen molar-refractivity contribution < 1.29 is 4.74 Å². The van der Waals surface area contributed by atoms with Crippen molar-refractivity contribution in [3.8, 4) is 0 Å². The molecule has 0 aliphatic carbocycles. The molecule has 0 saturated carbocycles. The summed E-state index contributed by atoms with van der Waals surface area (Å²) in [6, 6.07) is 3.73. The molecule has 2 heterocycles. The zero-order valence-corrected chi connectivity index (χ0v) is 14.4. The van der Waals surface area contributed by atoms with Crippen LogP contribution in [0.3, 0.4) is 0 Å². The van der Waals surface area contributed by atoms with Gasteiger partial charge in [0, 0.05) is 32.0 Å². The first kappa shape index (κ1) is 17.6. The van der Waals surface area contributed by atoms with E-state index in [2.05, 4.69) is 20.4 Å². The summed E-state index contributed by atoms with van der Waals surface area (Å²) in [5.41, 5.74) is 7.56. The van der Waals surface area contributed by atoms with Crippen LogP contribution in [0, 0.1) is 0 Å². The van der Waals surface area contributed by atoms with Crippen molar-refractivity contribution in [3.63, 3.8) is 0 Å². The topological polar surface area (TPSA) is 89.8 Å². The summed E-state index contributed by atoms with van der Waals surface area (Å²) in [5.74, 6) is 0.429. The predicted molar refractivity (Wildman–Crippen MR) is 92.8 cm³/mol. The first-order valence-electron chi connectivity index (χ1n) is 6.70. The van der Waals surface area contributed by atoms with Gasteiger partial charge in [-0.15, -0.1) is 24.0 Å². The molecule has 0 bridgehead atoms. The van der Waals surface area contributed by atoms with E-state index in [1.807, 2.05) is 19.1 Å². The van der Waals surface area contributed by atoms with Crippen LogP contribution in [0.5, 0.6) is 0 Å². The van der Waals surface area contributed by atoms with Gasteiger partial charge in [-0.25, -0.2) is 14.5 Å². The smallest absolute Gasteiger partial charge is 0.188 e. The number of ether oxygens (including phenoxy) is 1. The molecular formula is C13H21IN6O. The minimum atomic E-state index is 0. The normalized spacial score (nSPS) is 11.4. The molecule has 0 spiro atoms. The summed E-state index contributed by atoms with van der Waals surface area (Å²) >= 11 is 0. The number of aromatic nitrogens is 3. The van der Waals surface area contributed by atoms with E-state index in [9.17, 15) is 0 Å². The van der Waals surface area contributed by atoms with Crippen molar-refractivity contribution in [3.05, 3.63) is 30.2 Å². The molecule has 0 saturated heterocycles. The van der Waals surface area contributed by atoms with Gasteiger partial charge in [0.15, 0.2) is 11.6 Å². The van der Waals surface area contributed by atoms with Gasteiger partial charge in [0.05, 0.1) is 18.4 Å². The van der Waals surface area contributed by atoms with Crippen molar-refractivity contribution in [2.24, 2.45) is 10.7 Å². The summed E-state index contributed by atoms with van der Waals surface area (Å²) in [7, 11) is 0. The van der Waals surface area contributed by atoms with Gasteiger partial charge in [-0.05, 0) is 19.4 Å². The molecule has 0 atom stereocenters. The number of nitrogens with two attached hydrogens (primary N) is 1. The Balaban J connectivity index is 0.00000220. The van der Waals surface area contributed by atoms with Gasteiger partial charge in [-0.2, -0.15) is 5.10 Å². The summed E-state index contributed by atoms with van der Waals surface area (Å²) < 4.78 is 7.00. The van der Waals surface area contributed by atoms with E-state index < -0.39 is 0 Å². The molecule has 0 unspecified atom stereocenters. The zero-order chi connectivity index (χ0) is 14.2. The maximum atomic E-state index is 5.81. The van der Waals surface area contributed by atoms with Crippen LogP contribution in [-0.4, -0.2) is 40.3 Å². The Kier molecular flexibility index (Phi) is 7.98. The fourth-order valence-electron chi connectivity index (χ4n) is 1.76. The lowest BCUT2D eigenvalue weighted by atomic mass is 10.4. The highest BCUT2D eigenvalue weighted by molar-refractivity contribution is 14.0. The molecule has 0 aliphatic heterocycles.